The van der Waals surface area contributed by atoms with Crippen molar-refractivity contribution >= 4 is 0 Å². The highest BCUT2D eigenvalue weighted by Gasteiger charge is 2.00. The van der Waals surface area contributed by atoms with Crippen molar-refractivity contribution in [1.29, 1.82) is 0 Å². The van der Waals surface area contributed by atoms with E-state index in [0.29, 0.717) is 5.92 Å². The Balaban J connectivity index is 3.90. The third-order valence-corrected chi connectivity index (χ3v) is 5.21. The van der Waals surface area contributed by atoms with Crippen LogP contribution in [0.25, 0.3) is 0 Å². The van der Waals surface area contributed by atoms with E-state index in [1.807, 2.05) is 0 Å². The van der Waals surface area contributed by atoms with Crippen molar-refractivity contribution in [3.05, 3.63) is 24.3 Å². The van der Waals surface area contributed by atoms with Crippen LogP contribution in [0, 0.1) is 5.92 Å². The maximum atomic E-state index is 5.66. The van der Waals surface area contributed by atoms with E-state index in [0.717, 1.165) is 13.0 Å². The van der Waals surface area contributed by atoms with Crippen molar-refractivity contribution < 1.29 is 0 Å². The second-order valence-corrected chi connectivity index (χ2v) is 7.92. The van der Waals surface area contributed by atoms with Crippen LogP contribution in [0.4, 0.5) is 0 Å². The zero-order valence-corrected chi connectivity index (χ0v) is 18.2. The highest BCUT2D eigenvalue weighted by Crippen LogP contribution is 2.15. The summed E-state index contributed by atoms with van der Waals surface area (Å²) in [5.41, 5.74) is 5.66. The Hall–Kier alpha value is -0.560. The molecule has 0 aliphatic carbocycles. The summed E-state index contributed by atoms with van der Waals surface area (Å²) in [5.74, 6) is 0.627. The molecule has 1 nitrogen and oxygen atoms in total. The molecule has 0 aromatic rings. The molecule has 0 aliphatic rings. The lowest BCUT2D eigenvalue weighted by molar-refractivity contribution is 0.602. The Bertz CT molecular complexity index is 279. The molecule has 0 atom stereocenters. The van der Waals surface area contributed by atoms with Gasteiger partial charge in [0.2, 0.25) is 0 Å². The number of nitrogens with two attached hydrogens (primary N) is 1. The summed E-state index contributed by atoms with van der Waals surface area (Å²) in [4.78, 5) is 0. The number of hydrogen-bond acceptors (Lipinski definition) is 1. The minimum atomic E-state index is 0.627. The minimum absolute atomic E-state index is 0.627. The lowest BCUT2D eigenvalue weighted by Gasteiger charge is -2.08. The van der Waals surface area contributed by atoms with Crippen molar-refractivity contribution in [2.45, 2.75) is 123 Å². The second kappa shape index (κ2) is 22.5. The van der Waals surface area contributed by atoms with E-state index in [1.54, 1.807) is 0 Å². The fourth-order valence-corrected chi connectivity index (χ4v) is 3.41. The van der Waals surface area contributed by atoms with Crippen molar-refractivity contribution in [1.82, 2.24) is 0 Å². The van der Waals surface area contributed by atoms with Crippen molar-refractivity contribution in [2.24, 2.45) is 11.7 Å². The van der Waals surface area contributed by atoms with Gasteiger partial charge in [0.05, 0.1) is 0 Å². The molecule has 0 heterocycles. The molecule has 0 radical (unpaired) electrons. The molecule has 0 unspecified atom stereocenters. The van der Waals surface area contributed by atoms with Crippen molar-refractivity contribution in [2.75, 3.05) is 6.54 Å². The highest BCUT2D eigenvalue weighted by atomic mass is 14.5. The van der Waals surface area contributed by atoms with Crippen LogP contribution in [0.5, 0.6) is 0 Å². The first kappa shape index (κ1) is 25.4. The topological polar surface area (TPSA) is 26.0 Å². The van der Waals surface area contributed by atoms with E-state index < -0.39 is 0 Å². The Labute approximate surface area is 165 Å². The molecule has 0 saturated heterocycles. The smallest absolute Gasteiger partial charge is 0.00535 e. The molecule has 0 aromatic carbocycles. The van der Waals surface area contributed by atoms with Gasteiger partial charge in [-0.3, -0.25) is 0 Å². The molecule has 0 fully saturated rings. The van der Waals surface area contributed by atoms with Crippen LogP contribution in [0.1, 0.15) is 123 Å². The van der Waals surface area contributed by atoms with Crippen LogP contribution >= 0.6 is 0 Å². The largest absolute Gasteiger partial charge is 0.330 e. The third-order valence-electron chi connectivity index (χ3n) is 5.21. The summed E-state index contributed by atoms with van der Waals surface area (Å²) < 4.78 is 0. The van der Waals surface area contributed by atoms with Crippen LogP contribution < -0.4 is 5.73 Å². The van der Waals surface area contributed by atoms with Crippen molar-refractivity contribution in [3.63, 3.8) is 0 Å². The van der Waals surface area contributed by atoms with Crippen LogP contribution in [-0.2, 0) is 0 Å². The summed E-state index contributed by atoms with van der Waals surface area (Å²) in [6.07, 6.45) is 32.6. The lowest BCUT2D eigenvalue weighted by Crippen LogP contribution is -2.00. The molecule has 0 bridgehead atoms. The molecule has 0 rings (SSSR count). The molecule has 0 spiro atoms. The minimum Gasteiger partial charge on any atom is -0.330 e. The second-order valence-electron chi connectivity index (χ2n) is 7.92. The molecule has 2 N–H and O–H groups in total. The fourth-order valence-electron chi connectivity index (χ4n) is 3.41. The van der Waals surface area contributed by atoms with Gasteiger partial charge in [0.1, 0.15) is 0 Å². The van der Waals surface area contributed by atoms with Crippen LogP contribution in [0.2, 0.25) is 0 Å². The van der Waals surface area contributed by atoms with Gasteiger partial charge in [-0.2, -0.15) is 0 Å². The van der Waals surface area contributed by atoms with E-state index >= 15 is 0 Å². The standard InChI is InChI=1S/C25H49N/c1-3-5-7-9-11-13-15-17-21-25(23-19-20-24-26)22-18-16-14-12-10-8-6-4-2/h17-18,21-22,25H,3-16,19-20,23-24,26H2,1-2H3. The molecule has 26 heavy (non-hydrogen) atoms. The zero-order chi connectivity index (χ0) is 19.1. The predicted molar refractivity (Wildman–Crippen MR) is 121 cm³/mol. The fraction of sp³-hybridized carbons (Fsp3) is 0.840. The van der Waals surface area contributed by atoms with Crippen LogP contribution in [-0.4, -0.2) is 6.54 Å². The van der Waals surface area contributed by atoms with E-state index in [-0.39, 0.29) is 0 Å². The average Bonchev–Trinajstić information content (AvgIpc) is 2.65. The summed E-state index contributed by atoms with van der Waals surface area (Å²) >= 11 is 0. The van der Waals surface area contributed by atoms with Gasteiger partial charge >= 0.3 is 0 Å². The van der Waals surface area contributed by atoms with Gasteiger partial charge in [-0.05, 0) is 51.0 Å². The summed E-state index contributed by atoms with van der Waals surface area (Å²) in [6, 6.07) is 0. The van der Waals surface area contributed by atoms with Gasteiger partial charge in [-0.25, -0.2) is 0 Å². The first-order chi connectivity index (χ1) is 12.8. The highest BCUT2D eigenvalue weighted by molar-refractivity contribution is 5.00. The Morgan fingerprint density at radius 1 is 0.577 bits per heavy atom. The van der Waals surface area contributed by atoms with Gasteiger partial charge in [0, 0.05) is 0 Å². The summed E-state index contributed by atoms with van der Waals surface area (Å²) in [6.45, 7) is 5.40. The molecule has 154 valence electrons. The van der Waals surface area contributed by atoms with Gasteiger partial charge in [-0.15, -0.1) is 0 Å². The molecule has 0 aromatic heterocycles. The SMILES string of the molecule is CCCCCCCCC=CC(C=CCCCCCCCC)CCCCN. The van der Waals surface area contributed by atoms with Crippen LogP contribution in [0.3, 0.4) is 0 Å². The zero-order valence-electron chi connectivity index (χ0n) is 18.2. The number of hydrogen-bond donors (Lipinski definition) is 1. The predicted octanol–water partition coefficient (Wildman–Crippen LogP) is 8.35. The normalized spacial score (nSPS) is 13.2. The molecule has 0 aliphatic heterocycles. The van der Waals surface area contributed by atoms with E-state index in [9.17, 15) is 0 Å². The lowest BCUT2D eigenvalue weighted by atomic mass is 9.99. The van der Waals surface area contributed by atoms with Gasteiger partial charge in [0.25, 0.3) is 0 Å². The first-order valence-corrected chi connectivity index (χ1v) is 11.9. The molecule has 0 amide bonds. The van der Waals surface area contributed by atoms with Crippen molar-refractivity contribution in [3.8, 4) is 0 Å². The average molecular weight is 364 g/mol. The number of unbranched alkanes of at least 4 members (excludes halogenated alkanes) is 13. The monoisotopic (exact) mass is 363 g/mol. The first-order valence-electron chi connectivity index (χ1n) is 11.9. The molecule has 1 heteroatoms. The molecule has 0 saturated carbocycles. The molecular weight excluding hydrogens is 314 g/mol. The third kappa shape index (κ3) is 19.8. The Morgan fingerprint density at radius 3 is 1.50 bits per heavy atom. The van der Waals surface area contributed by atoms with Gasteiger partial charge < -0.3 is 5.73 Å². The maximum Gasteiger partial charge on any atom is -0.00535 e. The summed E-state index contributed by atoms with van der Waals surface area (Å²) in [7, 11) is 0. The van der Waals surface area contributed by atoms with E-state index in [4.69, 9.17) is 5.73 Å². The molecular formula is C25H49N. The number of allylic oxidation sites excluding steroid dienone is 4. The van der Waals surface area contributed by atoms with E-state index in [2.05, 4.69) is 38.2 Å². The Morgan fingerprint density at radius 2 is 1.04 bits per heavy atom. The summed E-state index contributed by atoms with van der Waals surface area (Å²) in [5, 5.41) is 0. The Kier molecular flexibility index (Phi) is 22.0. The van der Waals surface area contributed by atoms with Gasteiger partial charge in [-0.1, -0.05) is 109 Å². The quantitative estimate of drug-likeness (QED) is 0.171. The maximum absolute atomic E-state index is 5.66. The number of rotatable bonds is 20. The van der Waals surface area contributed by atoms with E-state index in [1.165, 1.54) is 103 Å². The van der Waals surface area contributed by atoms with Crippen LogP contribution in [0.15, 0.2) is 24.3 Å². The van der Waals surface area contributed by atoms with Gasteiger partial charge in [0.15, 0.2) is 0 Å².